The average molecular weight is 1070 g/mol. The molecule has 7 rings (SSSR count). The summed E-state index contributed by atoms with van der Waals surface area (Å²) in [6, 6.07) is 22.6. The van der Waals surface area contributed by atoms with Crippen LogP contribution in [0.1, 0.15) is 97.1 Å². The summed E-state index contributed by atoms with van der Waals surface area (Å²) < 4.78 is 42.9. The number of alkyl halides is 2. The van der Waals surface area contributed by atoms with Gasteiger partial charge in [-0.3, -0.25) is 14.4 Å². The number of alkyl carbamates (subject to hydrolysis) is 1. The fourth-order valence-electron chi connectivity index (χ4n) is 11.0. The number of halogens is 2. The standard InChI is InChI=1S/C53H59Cl2NO16S/c1-28-34(67-46(63)53(71-30(3)58,73-33-23-17-12-18-24-33)40(31-19-13-10-14-20-31)56-47(64)72-48(4,5)6)26-52(65)42(69-44(61)32-21-15-11-16-22-32)39-50(9,41(60)38(59)37(28)49(52,7)8)35(68-45(62)43(54)55)25-36-51(39,27-66-36)70-29(2)57/h10-24,34-36,38-40,42-43,59,65H,25-27H2,1-9H3,(H,56,64)/t34-,35-,36+,38+,39?,40-,42-,50+,51-,52+,53+/m0/s1. The predicted molar refractivity (Wildman–Crippen MR) is 264 cm³/mol. The van der Waals surface area contributed by atoms with Gasteiger partial charge in [-0.2, -0.15) is 0 Å². The fourth-order valence-corrected chi connectivity index (χ4v) is 12.4. The monoisotopic (exact) mass is 1070 g/mol. The summed E-state index contributed by atoms with van der Waals surface area (Å²) in [5, 5.41) is 29.6. The van der Waals surface area contributed by atoms with Crippen molar-refractivity contribution in [2.45, 2.75) is 143 Å². The van der Waals surface area contributed by atoms with Gasteiger partial charge in [-0.15, -0.1) is 0 Å². The lowest BCUT2D eigenvalue weighted by atomic mass is 9.44. The molecule has 17 nitrogen and oxygen atoms in total. The molecule has 3 aromatic rings. The van der Waals surface area contributed by atoms with Crippen LogP contribution < -0.4 is 5.32 Å². The van der Waals surface area contributed by atoms with E-state index in [4.69, 9.17) is 56.4 Å². The topological polar surface area (TPSA) is 237 Å². The van der Waals surface area contributed by atoms with Gasteiger partial charge in [-0.05, 0) is 75.6 Å². The van der Waals surface area contributed by atoms with E-state index in [-0.39, 0.29) is 28.7 Å². The maximum atomic E-state index is 15.8. The Hall–Kier alpha value is -5.50. The molecule has 3 fully saturated rings. The minimum absolute atomic E-state index is 0.00663. The van der Waals surface area contributed by atoms with Crippen molar-refractivity contribution in [2.24, 2.45) is 16.7 Å². The molecule has 11 atom stereocenters. The van der Waals surface area contributed by atoms with E-state index >= 15 is 9.59 Å². The third kappa shape index (κ3) is 10.2. The number of thioether (sulfide) groups is 1. The normalized spacial score (nSPS) is 29.5. The SMILES string of the molecule is CC(=O)O[C@](Sc1ccccc1)(C(=O)O[C@H]1C[C@@]2(O)[C@@H](OC(=O)c3ccccc3)C3[C@](C)(C(=O)[C@H](O)C(=C1C)C2(C)C)[C@@H](OC(=O)C(Cl)Cl)C[C@H]1OC[C@@]31OC(C)=O)[C@@H](NC(=O)OC(C)(C)C)c1ccccc1. The van der Waals surface area contributed by atoms with Crippen molar-refractivity contribution in [3.63, 3.8) is 0 Å². The van der Waals surface area contributed by atoms with E-state index in [9.17, 15) is 34.2 Å². The van der Waals surface area contributed by atoms with E-state index in [1.54, 1.807) is 99.6 Å². The number of fused-ring (bicyclic) bond motifs is 5. The maximum Gasteiger partial charge on any atom is 0.408 e. The van der Waals surface area contributed by atoms with Crippen LogP contribution in [-0.4, -0.2) is 116 Å². The molecule has 2 saturated carbocycles. The first-order valence-electron chi connectivity index (χ1n) is 23.5. The van der Waals surface area contributed by atoms with Gasteiger partial charge < -0.3 is 48.7 Å². The van der Waals surface area contributed by atoms with Gasteiger partial charge in [0.05, 0.1) is 23.5 Å². The Morgan fingerprint density at radius 1 is 0.836 bits per heavy atom. The number of carbonyl (C=O) groups excluding carboxylic acids is 7. The van der Waals surface area contributed by atoms with Gasteiger partial charge >= 0.3 is 35.9 Å². The molecular weight excluding hydrogens is 1010 g/mol. The zero-order chi connectivity index (χ0) is 53.6. The fraction of sp³-hybridized carbons (Fsp3) is 0.491. The number of amides is 1. The van der Waals surface area contributed by atoms with Crippen molar-refractivity contribution in [3.8, 4) is 0 Å². The molecule has 392 valence electrons. The molecule has 3 N–H and O–H groups in total. The van der Waals surface area contributed by atoms with Crippen molar-refractivity contribution >= 4 is 76.7 Å². The molecule has 1 amide bonds. The first-order chi connectivity index (χ1) is 34.1. The highest BCUT2D eigenvalue weighted by Crippen LogP contribution is 2.65. The Labute approximate surface area is 436 Å². The number of nitrogens with one attached hydrogen (secondary N) is 1. The number of benzene rings is 3. The third-order valence-electron chi connectivity index (χ3n) is 14.3. The summed E-state index contributed by atoms with van der Waals surface area (Å²) >= 11 is 12.7. The number of ketones is 1. The highest BCUT2D eigenvalue weighted by molar-refractivity contribution is 8.01. The van der Waals surface area contributed by atoms with E-state index < -0.39 is 135 Å². The molecule has 4 aliphatic rings. The van der Waals surface area contributed by atoms with Gasteiger partial charge in [0.1, 0.15) is 47.8 Å². The van der Waals surface area contributed by atoms with Gasteiger partial charge in [0.25, 0.3) is 4.93 Å². The van der Waals surface area contributed by atoms with Crippen molar-refractivity contribution in [1.82, 2.24) is 5.32 Å². The number of carbonyl (C=O) groups is 7. The number of hydrogen-bond acceptors (Lipinski definition) is 17. The summed E-state index contributed by atoms with van der Waals surface area (Å²) in [6.07, 6.45) is -10.5. The predicted octanol–water partition coefficient (Wildman–Crippen LogP) is 7.31. The molecule has 1 saturated heterocycles. The molecule has 0 spiro atoms. The number of aliphatic hydroxyl groups is 2. The van der Waals surface area contributed by atoms with Crippen LogP contribution in [0.3, 0.4) is 0 Å². The smallest absolute Gasteiger partial charge is 0.408 e. The summed E-state index contributed by atoms with van der Waals surface area (Å²) in [5.41, 5.74) is -9.32. The Morgan fingerprint density at radius 3 is 1.96 bits per heavy atom. The Kier molecular flexibility index (Phi) is 15.6. The first-order valence-corrected chi connectivity index (χ1v) is 25.2. The number of rotatable bonds is 13. The van der Waals surface area contributed by atoms with E-state index in [0.29, 0.717) is 4.90 Å². The van der Waals surface area contributed by atoms with Gasteiger partial charge in [-0.25, -0.2) is 19.2 Å². The van der Waals surface area contributed by atoms with Crippen molar-refractivity contribution in [2.75, 3.05) is 6.61 Å². The van der Waals surface area contributed by atoms with Crippen LogP contribution in [0, 0.1) is 16.7 Å². The molecule has 73 heavy (non-hydrogen) atoms. The van der Waals surface area contributed by atoms with E-state index in [1.807, 2.05) is 0 Å². The van der Waals surface area contributed by atoms with Crippen molar-refractivity contribution < 1.29 is 76.9 Å². The summed E-state index contributed by atoms with van der Waals surface area (Å²) in [6.45, 7) is 12.5. The second-order valence-electron chi connectivity index (χ2n) is 20.4. The highest BCUT2D eigenvalue weighted by atomic mass is 35.5. The Bertz CT molecular complexity index is 2660. The van der Waals surface area contributed by atoms with Gasteiger partial charge in [0, 0.05) is 37.0 Å². The molecule has 1 aliphatic heterocycles. The lowest BCUT2D eigenvalue weighted by Crippen LogP contribution is -2.82. The van der Waals surface area contributed by atoms with Crippen LogP contribution in [0.25, 0.3) is 0 Å². The quantitative estimate of drug-likeness (QED) is 0.0380. The van der Waals surface area contributed by atoms with Crippen LogP contribution in [0.15, 0.2) is 107 Å². The molecule has 3 aliphatic carbocycles. The minimum Gasteiger partial charge on any atom is -0.459 e. The van der Waals surface area contributed by atoms with Crippen molar-refractivity contribution in [1.29, 1.82) is 0 Å². The lowest BCUT2D eigenvalue weighted by molar-refractivity contribution is -0.346. The van der Waals surface area contributed by atoms with Crippen LogP contribution in [0.5, 0.6) is 0 Å². The highest BCUT2D eigenvalue weighted by Gasteiger charge is 2.79. The van der Waals surface area contributed by atoms with Crippen molar-refractivity contribution in [3.05, 3.63) is 113 Å². The number of aliphatic hydroxyl groups excluding tert-OH is 1. The number of Topliss-reactive ketones (excluding diaryl/α,β-unsaturated/α-hetero) is 1. The van der Waals surface area contributed by atoms with Crippen LogP contribution in [0.4, 0.5) is 4.79 Å². The summed E-state index contributed by atoms with van der Waals surface area (Å²) in [5.74, 6) is -8.00. The third-order valence-corrected chi connectivity index (χ3v) is 16.0. The van der Waals surface area contributed by atoms with Crippen LogP contribution in [0.2, 0.25) is 0 Å². The molecule has 0 aromatic heterocycles. The second kappa shape index (κ2) is 20.7. The largest absolute Gasteiger partial charge is 0.459 e. The number of hydrogen-bond donors (Lipinski definition) is 3. The molecule has 0 radical (unpaired) electrons. The molecule has 2 bridgehead atoms. The number of esters is 5. The van der Waals surface area contributed by atoms with E-state index in [0.717, 1.165) is 25.6 Å². The van der Waals surface area contributed by atoms with Gasteiger partial charge in [0.15, 0.2) is 11.4 Å². The molecule has 3 aromatic carbocycles. The zero-order valence-electron chi connectivity index (χ0n) is 41.7. The molecule has 20 heteroatoms. The van der Waals surface area contributed by atoms with Crippen LogP contribution >= 0.6 is 35.0 Å². The van der Waals surface area contributed by atoms with Gasteiger partial charge in [-0.1, -0.05) is 116 Å². The lowest BCUT2D eigenvalue weighted by Gasteiger charge is -2.67. The maximum absolute atomic E-state index is 15.8. The summed E-state index contributed by atoms with van der Waals surface area (Å²) in [7, 11) is 0. The average Bonchev–Trinajstić information content (AvgIpc) is 3.31. The molecule has 1 heterocycles. The van der Waals surface area contributed by atoms with E-state index in [2.05, 4.69) is 5.32 Å². The zero-order valence-corrected chi connectivity index (χ0v) is 44.0. The van der Waals surface area contributed by atoms with Crippen LogP contribution in [-0.2, 0) is 57.1 Å². The first kappa shape index (κ1) is 55.3. The molecule has 1 unspecified atom stereocenters. The number of ether oxygens (including phenoxy) is 7. The summed E-state index contributed by atoms with van der Waals surface area (Å²) in [4.78, 5) is 96.2. The Morgan fingerprint density at radius 2 is 1.42 bits per heavy atom. The Balaban J connectivity index is 1.48. The second-order valence-corrected chi connectivity index (χ2v) is 22.8. The van der Waals surface area contributed by atoms with Gasteiger partial charge in [0.2, 0.25) is 4.84 Å². The minimum atomic E-state index is -2.56. The van der Waals surface area contributed by atoms with E-state index in [1.165, 1.54) is 39.8 Å². The molecular formula is C53H59Cl2NO16S.